The van der Waals surface area contributed by atoms with Crippen molar-refractivity contribution in [2.45, 2.75) is 13.0 Å². The largest absolute Gasteiger partial charge is 0.484 e. The number of benzene rings is 2. The number of amides is 2. The van der Waals surface area contributed by atoms with Crippen LogP contribution in [0.4, 0.5) is 0 Å². The molecule has 7 heteroatoms. The summed E-state index contributed by atoms with van der Waals surface area (Å²) in [6, 6.07) is 11.4. The first kappa shape index (κ1) is 16.8. The first-order chi connectivity index (χ1) is 12.9. The molecule has 0 saturated heterocycles. The van der Waals surface area contributed by atoms with Crippen LogP contribution in [-0.4, -0.2) is 18.4 Å². The van der Waals surface area contributed by atoms with E-state index in [2.05, 4.69) is 5.32 Å². The van der Waals surface area contributed by atoms with E-state index in [9.17, 15) is 14.4 Å². The van der Waals surface area contributed by atoms with Crippen LogP contribution in [0.5, 0.6) is 5.75 Å². The number of nitrogens with two attached hydrogens (primary N) is 1. The van der Waals surface area contributed by atoms with Crippen molar-refractivity contribution >= 4 is 22.8 Å². The smallest absolute Gasteiger partial charge is 0.288 e. The van der Waals surface area contributed by atoms with Crippen LogP contribution >= 0.6 is 0 Å². The Morgan fingerprint density at radius 2 is 1.93 bits per heavy atom. The summed E-state index contributed by atoms with van der Waals surface area (Å²) in [6.07, 6.45) is 0. The zero-order chi connectivity index (χ0) is 19.1. The number of fused-ring (bicyclic) bond motifs is 2. The van der Waals surface area contributed by atoms with E-state index >= 15 is 0 Å². The fraction of sp³-hybridized carbons (Fsp3) is 0.150. The molecule has 1 atom stereocenters. The molecule has 1 aromatic heterocycles. The fourth-order valence-corrected chi connectivity index (χ4v) is 3.18. The Morgan fingerprint density at radius 1 is 1.19 bits per heavy atom. The minimum atomic E-state index is -0.612. The fourth-order valence-electron chi connectivity index (χ4n) is 3.18. The summed E-state index contributed by atoms with van der Waals surface area (Å²) in [5, 5.41) is 3.23. The van der Waals surface area contributed by atoms with Gasteiger partial charge in [-0.3, -0.25) is 14.4 Å². The van der Waals surface area contributed by atoms with Crippen molar-refractivity contribution in [2.24, 2.45) is 5.73 Å². The van der Waals surface area contributed by atoms with Gasteiger partial charge in [0.1, 0.15) is 11.3 Å². The van der Waals surface area contributed by atoms with Crippen LogP contribution in [0.25, 0.3) is 11.0 Å². The number of ether oxygens (including phenoxy) is 1. The van der Waals surface area contributed by atoms with Gasteiger partial charge in [-0.05, 0) is 36.8 Å². The molecule has 2 heterocycles. The Labute approximate surface area is 153 Å². The molecule has 4 rings (SSSR count). The van der Waals surface area contributed by atoms with Crippen LogP contribution in [-0.2, 0) is 4.79 Å². The number of rotatable bonds is 4. The Bertz CT molecular complexity index is 1130. The average Bonchev–Trinajstić information content (AvgIpc) is 2.98. The minimum Gasteiger partial charge on any atom is -0.484 e. The van der Waals surface area contributed by atoms with E-state index in [4.69, 9.17) is 14.9 Å². The van der Waals surface area contributed by atoms with Gasteiger partial charge in [-0.15, -0.1) is 0 Å². The molecule has 3 N–H and O–H groups in total. The van der Waals surface area contributed by atoms with Gasteiger partial charge in [-0.25, -0.2) is 0 Å². The maximum absolute atomic E-state index is 13.0. The molecule has 0 saturated carbocycles. The number of primary amides is 1. The number of aryl methyl sites for hydroxylation is 1. The van der Waals surface area contributed by atoms with Crippen LogP contribution in [0.2, 0.25) is 0 Å². The molecule has 3 aromatic rings. The van der Waals surface area contributed by atoms with Crippen molar-refractivity contribution in [3.63, 3.8) is 0 Å². The molecule has 1 aliphatic heterocycles. The van der Waals surface area contributed by atoms with Crippen molar-refractivity contribution in [3.05, 3.63) is 75.1 Å². The van der Waals surface area contributed by atoms with E-state index in [1.165, 1.54) is 0 Å². The molecular weight excluding hydrogens is 348 g/mol. The van der Waals surface area contributed by atoms with Gasteiger partial charge in [-0.2, -0.15) is 0 Å². The predicted molar refractivity (Wildman–Crippen MR) is 97.7 cm³/mol. The van der Waals surface area contributed by atoms with Crippen LogP contribution in [0, 0.1) is 6.92 Å². The molecule has 136 valence electrons. The highest BCUT2D eigenvalue weighted by molar-refractivity contribution is 5.99. The van der Waals surface area contributed by atoms with Crippen LogP contribution < -0.4 is 21.2 Å². The summed E-state index contributed by atoms with van der Waals surface area (Å²) in [5.74, 6) is -0.502. The highest BCUT2D eigenvalue weighted by Gasteiger charge is 2.35. The lowest BCUT2D eigenvalue weighted by Gasteiger charge is -2.12. The van der Waals surface area contributed by atoms with Crippen molar-refractivity contribution in [1.29, 1.82) is 0 Å². The lowest BCUT2D eigenvalue weighted by Crippen LogP contribution is -2.22. The second-order valence-corrected chi connectivity index (χ2v) is 6.40. The number of nitrogens with one attached hydrogen (secondary N) is 1. The van der Waals surface area contributed by atoms with E-state index in [0.29, 0.717) is 27.8 Å². The maximum atomic E-state index is 13.0. The Kier molecular flexibility index (Phi) is 3.92. The first-order valence-corrected chi connectivity index (χ1v) is 8.33. The zero-order valence-corrected chi connectivity index (χ0v) is 14.4. The topological polar surface area (TPSA) is 112 Å². The molecule has 1 aliphatic rings. The molecule has 2 amide bonds. The highest BCUT2D eigenvalue weighted by atomic mass is 16.5. The Balaban J connectivity index is 1.76. The van der Waals surface area contributed by atoms with Gasteiger partial charge >= 0.3 is 0 Å². The first-order valence-electron chi connectivity index (χ1n) is 8.33. The lowest BCUT2D eigenvalue weighted by molar-refractivity contribution is -0.119. The van der Waals surface area contributed by atoms with Gasteiger partial charge in [0.15, 0.2) is 12.0 Å². The molecule has 0 spiro atoms. The van der Waals surface area contributed by atoms with Crippen molar-refractivity contribution < 1.29 is 18.7 Å². The second-order valence-electron chi connectivity index (χ2n) is 6.40. The van der Waals surface area contributed by atoms with E-state index in [1.807, 2.05) is 13.0 Å². The van der Waals surface area contributed by atoms with Gasteiger partial charge in [-0.1, -0.05) is 23.8 Å². The molecule has 0 bridgehead atoms. The normalized spacial score (nSPS) is 15.4. The summed E-state index contributed by atoms with van der Waals surface area (Å²) in [4.78, 5) is 36.1. The molecule has 27 heavy (non-hydrogen) atoms. The summed E-state index contributed by atoms with van der Waals surface area (Å²) >= 11 is 0. The number of carbonyl (C=O) groups excluding carboxylic acids is 2. The number of hydrogen-bond acceptors (Lipinski definition) is 5. The Morgan fingerprint density at radius 3 is 2.63 bits per heavy atom. The van der Waals surface area contributed by atoms with Gasteiger partial charge in [0.25, 0.3) is 11.8 Å². The van der Waals surface area contributed by atoms with Crippen LogP contribution in [0.15, 0.2) is 51.7 Å². The van der Waals surface area contributed by atoms with Gasteiger partial charge in [0.2, 0.25) is 5.76 Å². The third-order valence-corrected chi connectivity index (χ3v) is 4.45. The molecule has 2 aromatic carbocycles. The minimum absolute atomic E-state index is 0.0374. The van der Waals surface area contributed by atoms with Crippen molar-refractivity contribution in [1.82, 2.24) is 5.32 Å². The SMILES string of the molecule is Cc1ccc2oc3c(c(=O)c2c1)C(c1ccc(OCC(N)=O)cc1)NC3=O. The zero-order valence-electron chi connectivity index (χ0n) is 14.4. The maximum Gasteiger partial charge on any atom is 0.288 e. The molecule has 7 nitrogen and oxygen atoms in total. The molecule has 1 unspecified atom stereocenters. The monoisotopic (exact) mass is 364 g/mol. The third-order valence-electron chi connectivity index (χ3n) is 4.45. The van der Waals surface area contributed by atoms with E-state index in [-0.39, 0.29) is 17.8 Å². The van der Waals surface area contributed by atoms with Crippen molar-refractivity contribution in [3.8, 4) is 5.75 Å². The van der Waals surface area contributed by atoms with Crippen LogP contribution in [0.1, 0.15) is 33.3 Å². The van der Waals surface area contributed by atoms with E-state index in [0.717, 1.165) is 5.56 Å². The number of hydrogen-bond donors (Lipinski definition) is 2. The molecule has 0 aliphatic carbocycles. The summed E-state index contributed by atoms with van der Waals surface area (Å²) in [5.41, 5.74) is 7.14. The van der Waals surface area contributed by atoms with Crippen LogP contribution in [0.3, 0.4) is 0 Å². The number of carbonyl (C=O) groups is 2. The summed E-state index contributed by atoms with van der Waals surface area (Å²) in [6.45, 7) is 1.66. The standard InChI is InChI=1S/C20H16N2O5/c1-10-2-7-14-13(8-10)18(24)16-17(22-20(25)19(16)27-14)11-3-5-12(6-4-11)26-9-15(21)23/h2-8,17H,9H2,1H3,(H2,21,23)(H,22,25). The van der Waals surface area contributed by atoms with Crippen molar-refractivity contribution in [2.75, 3.05) is 6.61 Å². The highest BCUT2D eigenvalue weighted by Crippen LogP contribution is 2.31. The molecular formula is C20H16N2O5. The van der Waals surface area contributed by atoms with Gasteiger partial charge in [0, 0.05) is 0 Å². The Hall–Kier alpha value is -3.61. The van der Waals surface area contributed by atoms with Gasteiger partial charge in [0.05, 0.1) is 17.0 Å². The molecule has 0 radical (unpaired) electrons. The lowest BCUT2D eigenvalue weighted by atomic mass is 9.99. The molecule has 0 fully saturated rings. The third kappa shape index (κ3) is 2.93. The predicted octanol–water partition coefficient (Wildman–Crippen LogP) is 1.80. The average molecular weight is 364 g/mol. The van der Waals surface area contributed by atoms with Gasteiger partial charge < -0.3 is 20.2 Å². The quantitative estimate of drug-likeness (QED) is 0.733. The van der Waals surface area contributed by atoms with E-state index < -0.39 is 17.9 Å². The van der Waals surface area contributed by atoms with E-state index in [1.54, 1.807) is 36.4 Å². The second kappa shape index (κ2) is 6.28. The summed E-state index contributed by atoms with van der Waals surface area (Å²) < 4.78 is 10.9. The summed E-state index contributed by atoms with van der Waals surface area (Å²) in [7, 11) is 0.